The van der Waals surface area contributed by atoms with Gasteiger partial charge < -0.3 is 10.8 Å². The smallest absolute Gasteiger partial charge is 0.129 e. The fourth-order valence-electron chi connectivity index (χ4n) is 1.22. The Labute approximate surface area is 77.2 Å². The van der Waals surface area contributed by atoms with Gasteiger partial charge in [-0.2, -0.15) is 0 Å². The van der Waals surface area contributed by atoms with Gasteiger partial charge in [0, 0.05) is 5.56 Å². The number of benzene rings is 1. The van der Waals surface area contributed by atoms with Gasteiger partial charge >= 0.3 is 0 Å². The van der Waals surface area contributed by atoms with Crippen molar-refractivity contribution in [1.29, 1.82) is 0 Å². The number of halogens is 1. The molecular weight excluding hydrogens is 169 g/mol. The average molecular weight is 183 g/mol. The lowest BCUT2D eigenvalue weighted by atomic mass is 10.0. The molecule has 1 aromatic carbocycles. The molecule has 2 nitrogen and oxygen atoms in total. The lowest BCUT2D eigenvalue weighted by molar-refractivity contribution is 0.165. The minimum absolute atomic E-state index is 0.330. The van der Waals surface area contributed by atoms with E-state index in [1.165, 1.54) is 6.07 Å². The predicted molar refractivity (Wildman–Crippen MR) is 49.8 cm³/mol. The molecule has 1 unspecified atom stereocenters. The van der Waals surface area contributed by atoms with Crippen molar-refractivity contribution in [3.8, 4) is 0 Å². The number of nitrogens with two attached hydrogens (primary N) is 1. The topological polar surface area (TPSA) is 46.2 Å². The molecule has 0 spiro atoms. The Morgan fingerprint density at radius 2 is 2.23 bits per heavy atom. The van der Waals surface area contributed by atoms with E-state index < -0.39 is 6.10 Å². The van der Waals surface area contributed by atoms with Crippen molar-refractivity contribution in [2.24, 2.45) is 5.73 Å². The Bertz CT molecular complexity index is 288. The number of aliphatic hydroxyl groups is 1. The van der Waals surface area contributed by atoms with Crippen LogP contribution >= 0.6 is 0 Å². The maximum Gasteiger partial charge on any atom is 0.129 e. The third-order valence-electron chi connectivity index (χ3n) is 1.96. The summed E-state index contributed by atoms with van der Waals surface area (Å²) in [4.78, 5) is 0. The van der Waals surface area contributed by atoms with Crippen molar-refractivity contribution in [3.63, 3.8) is 0 Å². The maximum absolute atomic E-state index is 13.2. The molecule has 0 aliphatic heterocycles. The highest BCUT2D eigenvalue weighted by Gasteiger charge is 2.11. The Balaban J connectivity index is 2.88. The number of aryl methyl sites for hydroxylation is 1. The summed E-state index contributed by atoms with van der Waals surface area (Å²) < 4.78 is 13.2. The van der Waals surface area contributed by atoms with Crippen molar-refractivity contribution in [1.82, 2.24) is 0 Å². The minimum atomic E-state index is -0.786. The monoisotopic (exact) mass is 183 g/mol. The van der Waals surface area contributed by atoms with Crippen LogP contribution in [0.15, 0.2) is 18.2 Å². The van der Waals surface area contributed by atoms with Crippen LogP contribution in [0, 0.1) is 12.7 Å². The zero-order valence-electron chi connectivity index (χ0n) is 7.63. The molecule has 0 saturated carbocycles. The van der Waals surface area contributed by atoms with Crippen molar-refractivity contribution in [2.45, 2.75) is 19.4 Å². The van der Waals surface area contributed by atoms with Crippen LogP contribution in [0.2, 0.25) is 0 Å². The summed E-state index contributed by atoms with van der Waals surface area (Å²) >= 11 is 0. The van der Waals surface area contributed by atoms with E-state index >= 15 is 0 Å². The SMILES string of the molecule is Cc1ccc(C(O)CCN)c(F)c1. The normalized spacial score (nSPS) is 12.9. The van der Waals surface area contributed by atoms with Gasteiger partial charge in [-0.25, -0.2) is 4.39 Å². The van der Waals surface area contributed by atoms with Crippen molar-refractivity contribution >= 4 is 0 Å². The van der Waals surface area contributed by atoms with Crippen LogP contribution in [0.25, 0.3) is 0 Å². The van der Waals surface area contributed by atoms with Crippen LogP contribution in [0.4, 0.5) is 4.39 Å². The van der Waals surface area contributed by atoms with E-state index in [9.17, 15) is 9.50 Å². The number of hydrogen-bond acceptors (Lipinski definition) is 2. The second-order valence-corrected chi connectivity index (χ2v) is 3.12. The molecule has 3 heteroatoms. The summed E-state index contributed by atoms with van der Waals surface area (Å²) in [6, 6.07) is 4.79. The summed E-state index contributed by atoms with van der Waals surface area (Å²) in [6.45, 7) is 2.16. The predicted octanol–water partition coefficient (Wildman–Crippen LogP) is 1.52. The zero-order chi connectivity index (χ0) is 9.84. The van der Waals surface area contributed by atoms with E-state index in [4.69, 9.17) is 5.73 Å². The van der Waals surface area contributed by atoms with E-state index in [0.29, 0.717) is 18.5 Å². The quantitative estimate of drug-likeness (QED) is 0.746. The first kappa shape index (κ1) is 10.2. The lowest BCUT2D eigenvalue weighted by Crippen LogP contribution is -2.08. The van der Waals surface area contributed by atoms with Gasteiger partial charge in [-0.05, 0) is 31.5 Å². The van der Waals surface area contributed by atoms with Gasteiger partial charge in [-0.1, -0.05) is 12.1 Å². The third kappa shape index (κ3) is 2.50. The van der Waals surface area contributed by atoms with Crippen molar-refractivity contribution in [2.75, 3.05) is 6.54 Å². The van der Waals surface area contributed by atoms with E-state index in [2.05, 4.69) is 0 Å². The standard InChI is InChI=1S/C10H14FNO/c1-7-2-3-8(9(11)6-7)10(13)4-5-12/h2-3,6,10,13H,4-5,12H2,1H3. The average Bonchev–Trinajstić information content (AvgIpc) is 2.04. The first-order chi connectivity index (χ1) is 6.15. The van der Waals surface area contributed by atoms with E-state index in [0.717, 1.165) is 5.56 Å². The molecule has 0 aliphatic carbocycles. The third-order valence-corrected chi connectivity index (χ3v) is 1.96. The van der Waals surface area contributed by atoms with Gasteiger partial charge in [0.1, 0.15) is 5.82 Å². The molecule has 0 amide bonds. The second kappa shape index (κ2) is 4.35. The van der Waals surface area contributed by atoms with E-state index in [-0.39, 0.29) is 5.82 Å². The van der Waals surface area contributed by atoms with Gasteiger partial charge in [0.2, 0.25) is 0 Å². The molecule has 0 bridgehead atoms. The van der Waals surface area contributed by atoms with Crippen molar-refractivity contribution in [3.05, 3.63) is 35.1 Å². The molecule has 0 heterocycles. The van der Waals surface area contributed by atoms with Gasteiger partial charge in [-0.15, -0.1) is 0 Å². The zero-order valence-corrected chi connectivity index (χ0v) is 7.63. The van der Waals surface area contributed by atoms with Crippen LogP contribution < -0.4 is 5.73 Å². The largest absolute Gasteiger partial charge is 0.388 e. The van der Waals surface area contributed by atoms with Crippen LogP contribution in [-0.4, -0.2) is 11.7 Å². The highest BCUT2D eigenvalue weighted by atomic mass is 19.1. The van der Waals surface area contributed by atoms with Crippen LogP contribution in [0.5, 0.6) is 0 Å². The summed E-state index contributed by atoms with van der Waals surface area (Å²) in [5.41, 5.74) is 6.44. The fourth-order valence-corrected chi connectivity index (χ4v) is 1.22. The first-order valence-corrected chi connectivity index (χ1v) is 4.29. The first-order valence-electron chi connectivity index (χ1n) is 4.29. The molecule has 0 radical (unpaired) electrons. The second-order valence-electron chi connectivity index (χ2n) is 3.12. The Morgan fingerprint density at radius 3 is 2.77 bits per heavy atom. The van der Waals surface area contributed by atoms with Gasteiger partial charge in [-0.3, -0.25) is 0 Å². The minimum Gasteiger partial charge on any atom is -0.388 e. The number of aliphatic hydroxyl groups excluding tert-OH is 1. The van der Waals surface area contributed by atoms with Crippen molar-refractivity contribution < 1.29 is 9.50 Å². The Kier molecular flexibility index (Phi) is 3.39. The summed E-state index contributed by atoms with van der Waals surface area (Å²) in [6.07, 6.45) is -0.398. The van der Waals surface area contributed by atoms with E-state index in [1.54, 1.807) is 12.1 Å². The highest BCUT2D eigenvalue weighted by Crippen LogP contribution is 2.20. The Hall–Kier alpha value is -0.930. The number of hydrogen-bond donors (Lipinski definition) is 2. The molecule has 0 aromatic heterocycles. The molecule has 0 fully saturated rings. The maximum atomic E-state index is 13.2. The van der Waals surface area contributed by atoms with Gasteiger partial charge in [0.15, 0.2) is 0 Å². The lowest BCUT2D eigenvalue weighted by Gasteiger charge is -2.10. The molecule has 72 valence electrons. The number of rotatable bonds is 3. The summed E-state index contributed by atoms with van der Waals surface area (Å²) in [5, 5.41) is 9.47. The summed E-state index contributed by atoms with van der Waals surface area (Å²) in [7, 11) is 0. The molecule has 1 rings (SSSR count). The molecule has 0 saturated heterocycles. The molecule has 1 aromatic rings. The van der Waals surface area contributed by atoms with Gasteiger partial charge in [0.25, 0.3) is 0 Å². The fraction of sp³-hybridized carbons (Fsp3) is 0.400. The van der Waals surface area contributed by atoms with Crippen LogP contribution in [0.1, 0.15) is 23.7 Å². The summed E-state index contributed by atoms with van der Waals surface area (Å²) in [5.74, 6) is -0.360. The van der Waals surface area contributed by atoms with Crippen LogP contribution in [0.3, 0.4) is 0 Å². The highest BCUT2D eigenvalue weighted by molar-refractivity contribution is 5.25. The molecule has 0 aliphatic rings. The molecule has 1 atom stereocenters. The van der Waals surface area contributed by atoms with E-state index in [1.807, 2.05) is 6.92 Å². The van der Waals surface area contributed by atoms with Gasteiger partial charge in [0.05, 0.1) is 6.10 Å². The molecule has 13 heavy (non-hydrogen) atoms. The van der Waals surface area contributed by atoms with Crippen LogP contribution in [-0.2, 0) is 0 Å². The Morgan fingerprint density at radius 1 is 1.54 bits per heavy atom. The molecule has 3 N–H and O–H groups in total. The molecular formula is C10H14FNO.